The van der Waals surface area contributed by atoms with E-state index in [0.717, 1.165) is 16.9 Å². The first-order chi connectivity index (χ1) is 10.4. The van der Waals surface area contributed by atoms with E-state index in [2.05, 4.69) is 6.58 Å². The molecule has 0 radical (unpaired) electrons. The summed E-state index contributed by atoms with van der Waals surface area (Å²) in [7, 11) is 0. The first-order valence-electron chi connectivity index (χ1n) is 7.50. The van der Waals surface area contributed by atoms with Gasteiger partial charge in [-0.2, -0.15) is 0 Å². The Morgan fingerprint density at radius 2 is 2.14 bits per heavy atom. The van der Waals surface area contributed by atoms with Gasteiger partial charge in [-0.05, 0) is 36.6 Å². The first kappa shape index (κ1) is 16.3. The van der Waals surface area contributed by atoms with Gasteiger partial charge in [-0.3, -0.25) is 9.59 Å². The summed E-state index contributed by atoms with van der Waals surface area (Å²) in [6.07, 6.45) is 0.849. The predicted octanol–water partition coefficient (Wildman–Crippen LogP) is 3.34. The van der Waals surface area contributed by atoms with Gasteiger partial charge in [0.25, 0.3) is 0 Å². The maximum atomic E-state index is 11.6. The lowest BCUT2D eigenvalue weighted by Gasteiger charge is -2.14. The zero-order valence-electron chi connectivity index (χ0n) is 13.3. The third-order valence-electron chi connectivity index (χ3n) is 3.59. The lowest BCUT2D eigenvalue weighted by Crippen LogP contribution is -2.21. The van der Waals surface area contributed by atoms with Gasteiger partial charge in [0.15, 0.2) is 5.78 Å². The molecule has 0 N–H and O–H groups in total. The largest absolute Gasteiger partial charge is 0.485 e. The van der Waals surface area contributed by atoms with Crippen molar-refractivity contribution in [2.24, 2.45) is 5.92 Å². The molecule has 1 aromatic carbocycles. The number of rotatable bonds is 6. The molecule has 1 heterocycles. The zero-order chi connectivity index (χ0) is 16.3. The highest BCUT2D eigenvalue weighted by atomic mass is 16.5. The van der Waals surface area contributed by atoms with Gasteiger partial charge in [-0.25, -0.2) is 0 Å². The molecule has 0 bridgehead atoms. The summed E-state index contributed by atoms with van der Waals surface area (Å²) in [6.45, 7) is 9.62. The Bertz CT molecular complexity index is 601. The van der Waals surface area contributed by atoms with E-state index in [1.807, 2.05) is 26.0 Å². The van der Waals surface area contributed by atoms with Crippen molar-refractivity contribution in [2.75, 3.05) is 6.61 Å². The van der Waals surface area contributed by atoms with Crippen molar-refractivity contribution in [1.29, 1.82) is 0 Å². The standard InChI is InChI=1S/C18H22O4/c1-11(2)7-18(20)21-10-12(3)17-9-15-8-14(13(4)19)5-6-16(15)22-17/h5-6,8,11,17H,3,7,9-10H2,1-2,4H3. The van der Waals surface area contributed by atoms with E-state index in [0.29, 0.717) is 18.4 Å². The fourth-order valence-corrected chi connectivity index (χ4v) is 2.35. The van der Waals surface area contributed by atoms with E-state index in [1.165, 1.54) is 0 Å². The molecule has 0 spiro atoms. The maximum Gasteiger partial charge on any atom is 0.306 e. The first-order valence-corrected chi connectivity index (χ1v) is 7.50. The maximum absolute atomic E-state index is 11.6. The highest BCUT2D eigenvalue weighted by Crippen LogP contribution is 2.32. The number of ketones is 1. The van der Waals surface area contributed by atoms with Crippen molar-refractivity contribution in [3.05, 3.63) is 41.5 Å². The molecule has 0 amide bonds. The predicted molar refractivity (Wildman–Crippen MR) is 84.1 cm³/mol. The molecule has 1 aliphatic rings. The van der Waals surface area contributed by atoms with Gasteiger partial charge < -0.3 is 9.47 Å². The van der Waals surface area contributed by atoms with Crippen LogP contribution in [0.5, 0.6) is 5.75 Å². The van der Waals surface area contributed by atoms with Gasteiger partial charge in [0.2, 0.25) is 0 Å². The number of esters is 1. The summed E-state index contributed by atoms with van der Waals surface area (Å²) in [4.78, 5) is 23.0. The summed E-state index contributed by atoms with van der Waals surface area (Å²) >= 11 is 0. The van der Waals surface area contributed by atoms with E-state index in [-0.39, 0.29) is 30.4 Å². The second kappa shape index (κ2) is 6.77. The second-order valence-electron chi connectivity index (χ2n) is 6.11. The van der Waals surface area contributed by atoms with Crippen LogP contribution in [-0.2, 0) is 16.0 Å². The molecule has 118 valence electrons. The Hall–Kier alpha value is -2.10. The van der Waals surface area contributed by atoms with Crippen molar-refractivity contribution >= 4 is 11.8 Å². The van der Waals surface area contributed by atoms with Crippen LogP contribution >= 0.6 is 0 Å². The molecule has 2 rings (SSSR count). The Morgan fingerprint density at radius 3 is 2.77 bits per heavy atom. The molecule has 0 aromatic heterocycles. The van der Waals surface area contributed by atoms with Crippen LogP contribution in [0.1, 0.15) is 43.1 Å². The summed E-state index contributed by atoms with van der Waals surface area (Å²) in [5.74, 6) is 0.862. The molecule has 0 saturated carbocycles. The normalized spacial score (nSPS) is 16.1. The molecule has 1 unspecified atom stereocenters. The minimum atomic E-state index is -0.217. The fraction of sp³-hybridized carbons (Fsp3) is 0.444. The summed E-state index contributed by atoms with van der Waals surface area (Å²) in [5, 5.41) is 0. The minimum Gasteiger partial charge on any atom is -0.485 e. The van der Waals surface area contributed by atoms with Crippen molar-refractivity contribution in [1.82, 2.24) is 0 Å². The minimum absolute atomic E-state index is 0.0349. The van der Waals surface area contributed by atoms with Crippen molar-refractivity contribution < 1.29 is 19.1 Å². The van der Waals surface area contributed by atoms with Crippen LogP contribution in [0.2, 0.25) is 0 Å². The Kier molecular flexibility index (Phi) is 5.01. The molecule has 0 saturated heterocycles. The van der Waals surface area contributed by atoms with Crippen LogP contribution in [0, 0.1) is 5.92 Å². The molecule has 1 aromatic rings. The lowest BCUT2D eigenvalue weighted by atomic mass is 10.0. The molecule has 4 nitrogen and oxygen atoms in total. The van der Waals surface area contributed by atoms with Crippen molar-refractivity contribution in [3.8, 4) is 5.75 Å². The number of benzene rings is 1. The number of carbonyl (C=O) groups is 2. The highest BCUT2D eigenvalue weighted by molar-refractivity contribution is 5.94. The smallest absolute Gasteiger partial charge is 0.306 e. The molecular weight excluding hydrogens is 280 g/mol. The average Bonchev–Trinajstić information content (AvgIpc) is 2.86. The van der Waals surface area contributed by atoms with Gasteiger partial charge in [-0.1, -0.05) is 20.4 Å². The van der Waals surface area contributed by atoms with Crippen molar-refractivity contribution in [3.63, 3.8) is 0 Å². The zero-order valence-corrected chi connectivity index (χ0v) is 13.3. The van der Waals surface area contributed by atoms with E-state index >= 15 is 0 Å². The molecule has 1 atom stereocenters. The summed E-state index contributed by atoms with van der Waals surface area (Å²) in [6, 6.07) is 5.43. The van der Waals surface area contributed by atoms with E-state index in [9.17, 15) is 9.59 Å². The van der Waals surface area contributed by atoms with E-state index in [4.69, 9.17) is 9.47 Å². The van der Waals surface area contributed by atoms with E-state index in [1.54, 1.807) is 13.0 Å². The number of fused-ring (bicyclic) bond motifs is 1. The average molecular weight is 302 g/mol. The van der Waals surface area contributed by atoms with Gasteiger partial charge >= 0.3 is 5.97 Å². The fourth-order valence-electron chi connectivity index (χ4n) is 2.35. The molecule has 0 aliphatic carbocycles. The number of carbonyl (C=O) groups excluding carboxylic acids is 2. The van der Waals surface area contributed by atoms with E-state index < -0.39 is 0 Å². The molecular formula is C18H22O4. The van der Waals surface area contributed by atoms with Crippen LogP contribution in [0.3, 0.4) is 0 Å². The van der Waals surface area contributed by atoms with Crippen LogP contribution < -0.4 is 4.74 Å². The lowest BCUT2D eigenvalue weighted by molar-refractivity contribution is -0.143. The van der Waals surface area contributed by atoms with Crippen molar-refractivity contribution in [2.45, 2.75) is 39.7 Å². The number of ether oxygens (including phenoxy) is 2. The van der Waals surface area contributed by atoms with Crippen LogP contribution in [0.15, 0.2) is 30.4 Å². The summed E-state index contributed by atoms with van der Waals surface area (Å²) in [5.41, 5.74) is 2.40. The van der Waals surface area contributed by atoms with Gasteiger partial charge in [0.05, 0.1) is 0 Å². The molecule has 0 fully saturated rings. The Balaban J connectivity index is 1.91. The molecule has 22 heavy (non-hydrogen) atoms. The molecule has 4 heteroatoms. The number of hydrogen-bond acceptors (Lipinski definition) is 4. The van der Waals surface area contributed by atoms with Crippen LogP contribution in [0.4, 0.5) is 0 Å². The number of hydrogen-bond donors (Lipinski definition) is 0. The third-order valence-corrected chi connectivity index (χ3v) is 3.59. The second-order valence-corrected chi connectivity index (χ2v) is 6.11. The van der Waals surface area contributed by atoms with Crippen LogP contribution in [-0.4, -0.2) is 24.5 Å². The third kappa shape index (κ3) is 3.97. The van der Waals surface area contributed by atoms with Gasteiger partial charge in [-0.15, -0.1) is 0 Å². The van der Waals surface area contributed by atoms with Crippen LogP contribution in [0.25, 0.3) is 0 Å². The van der Waals surface area contributed by atoms with Gasteiger partial charge in [0, 0.05) is 24.0 Å². The Labute approximate surface area is 131 Å². The Morgan fingerprint density at radius 1 is 1.41 bits per heavy atom. The molecule has 1 aliphatic heterocycles. The SMILES string of the molecule is C=C(COC(=O)CC(C)C)C1Cc2cc(C(C)=O)ccc2O1. The van der Waals surface area contributed by atoms with Gasteiger partial charge in [0.1, 0.15) is 18.5 Å². The highest BCUT2D eigenvalue weighted by Gasteiger charge is 2.26. The summed E-state index contributed by atoms with van der Waals surface area (Å²) < 4.78 is 11.0. The quantitative estimate of drug-likeness (QED) is 0.459. The number of Topliss-reactive ketones (excluding diaryl/α,β-unsaturated/α-hetero) is 1. The topological polar surface area (TPSA) is 52.6 Å². The monoisotopic (exact) mass is 302 g/mol.